The van der Waals surface area contributed by atoms with E-state index in [1.165, 1.54) is 0 Å². The maximum atomic E-state index is 12.4. The first kappa shape index (κ1) is 17.3. The maximum Gasteiger partial charge on any atom is 0.228 e. The minimum absolute atomic E-state index is 0. The number of piperidine rings is 1. The van der Waals surface area contributed by atoms with Gasteiger partial charge in [-0.25, -0.2) is 0 Å². The zero-order chi connectivity index (χ0) is 14.8. The molecule has 1 N–H and O–H groups in total. The lowest BCUT2D eigenvalue weighted by atomic mass is 9.88. The van der Waals surface area contributed by atoms with Crippen LogP contribution in [0.2, 0.25) is 5.02 Å². The fraction of sp³-hybridized carbons (Fsp3) is 0.500. The molecular weight excluding hydrogens is 323 g/mol. The monoisotopic (exact) mass is 342 g/mol. The zero-order valence-corrected chi connectivity index (χ0v) is 13.8. The summed E-state index contributed by atoms with van der Waals surface area (Å²) >= 11 is 5.84. The molecule has 0 unspecified atom stereocenters. The molecule has 1 aromatic rings. The highest BCUT2D eigenvalue weighted by atomic mass is 35.5. The molecule has 22 heavy (non-hydrogen) atoms. The Kier molecular flexibility index (Phi) is 5.84. The first-order valence-corrected chi connectivity index (χ1v) is 7.82. The molecule has 2 fully saturated rings. The van der Waals surface area contributed by atoms with E-state index < -0.39 is 0 Å². The van der Waals surface area contributed by atoms with Crippen molar-refractivity contribution in [3.8, 4) is 0 Å². The van der Waals surface area contributed by atoms with Gasteiger partial charge < -0.3 is 10.2 Å². The van der Waals surface area contributed by atoms with E-state index in [0.717, 1.165) is 25.9 Å². The molecule has 0 spiro atoms. The molecule has 0 radical (unpaired) electrons. The maximum absolute atomic E-state index is 12.4. The topological polar surface area (TPSA) is 49.4 Å². The number of nitrogens with zero attached hydrogens (tertiary/aromatic N) is 1. The van der Waals surface area contributed by atoms with E-state index in [1.807, 2.05) is 4.90 Å². The van der Waals surface area contributed by atoms with E-state index in [2.05, 4.69) is 5.32 Å². The number of nitrogens with one attached hydrogen (secondary N) is 1. The Morgan fingerprint density at radius 3 is 2.14 bits per heavy atom. The number of rotatable bonds is 3. The van der Waals surface area contributed by atoms with Crippen molar-refractivity contribution in [3.63, 3.8) is 0 Å². The van der Waals surface area contributed by atoms with Gasteiger partial charge in [-0.15, -0.1) is 12.4 Å². The average Bonchev–Trinajstić information content (AvgIpc) is 2.46. The number of carbonyl (C=O) groups is 2. The average molecular weight is 343 g/mol. The number of hydrogen-bond donors (Lipinski definition) is 1. The summed E-state index contributed by atoms with van der Waals surface area (Å²) in [7, 11) is 0. The lowest BCUT2D eigenvalue weighted by molar-refractivity contribution is -0.138. The van der Waals surface area contributed by atoms with Gasteiger partial charge in [-0.3, -0.25) is 9.59 Å². The fourth-order valence-corrected chi connectivity index (χ4v) is 3.06. The number of benzene rings is 1. The van der Waals surface area contributed by atoms with Crippen LogP contribution < -0.4 is 5.32 Å². The number of likely N-dealkylation sites (tertiary alicyclic amines) is 1. The van der Waals surface area contributed by atoms with Crippen molar-refractivity contribution in [2.24, 2.45) is 11.8 Å². The lowest BCUT2D eigenvalue weighted by Crippen LogP contribution is -2.53. The molecular formula is C16H20Cl2N2O2. The number of halogens is 2. The number of Topliss-reactive ketones (excluding diaryl/α,β-unsaturated/α-hetero) is 1. The first-order valence-electron chi connectivity index (χ1n) is 7.44. The minimum atomic E-state index is 0. The van der Waals surface area contributed by atoms with Gasteiger partial charge in [0.1, 0.15) is 0 Å². The van der Waals surface area contributed by atoms with Crippen LogP contribution in [0.25, 0.3) is 0 Å². The highest BCUT2D eigenvalue weighted by Crippen LogP contribution is 2.24. The molecule has 1 aromatic carbocycles. The SMILES string of the molecule is Cl.O=C(c1ccc(Cl)cc1)C1CCN(C(=O)C2CNC2)CC1. The van der Waals surface area contributed by atoms with Crippen LogP contribution in [0.4, 0.5) is 0 Å². The third-order valence-corrected chi connectivity index (χ3v) is 4.69. The second-order valence-corrected chi connectivity index (χ2v) is 6.26. The van der Waals surface area contributed by atoms with Crippen molar-refractivity contribution >= 4 is 35.7 Å². The summed E-state index contributed by atoms with van der Waals surface area (Å²) in [5.41, 5.74) is 0.715. The van der Waals surface area contributed by atoms with Gasteiger partial charge >= 0.3 is 0 Å². The second kappa shape index (κ2) is 7.44. The summed E-state index contributed by atoms with van der Waals surface area (Å²) in [6, 6.07) is 7.05. The van der Waals surface area contributed by atoms with E-state index in [1.54, 1.807) is 24.3 Å². The third kappa shape index (κ3) is 3.62. The Morgan fingerprint density at radius 1 is 1.05 bits per heavy atom. The Labute approximate surface area is 141 Å². The number of ketones is 1. The van der Waals surface area contributed by atoms with Crippen molar-refractivity contribution in [1.82, 2.24) is 10.2 Å². The van der Waals surface area contributed by atoms with E-state index in [9.17, 15) is 9.59 Å². The summed E-state index contributed by atoms with van der Waals surface area (Å²) < 4.78 is 0. The number of hydrogen-bond acceptors (Lipinski definition) is 3. The Balaban J connectivity index is 0.00000176. The van der Waals surface area contributed by atoms with E-state index in [4.69, 9.17) is 11.6 Å². The fourth-order valence-electron chi connectivity index (χ4n) is 2.93. The van der Waals surface area contributed by atoms with Gasteiger partial charge in [-0.1, -0.05) is 11.6 Å². The van der Waals surface area contributed by atoms with Crippen molar-refractivity contribution in [2.75, 3.05) is 26.2 Å². The summed E-state index contributed by atoms with van der Waals surface area (Å²) in [5.74, 6) is 0.582. The Bertz CT molecular complexity index is 536. The summed E-state index contributed by atoms with van der Waals surface area (Å²) in [4.78, 5) is 26.5. The third-order valence-electron chi connectivity index (χ3n) is 4.44. The summed E-state index contributed by atoms with van der Waals surface area (Å²) in [6.45, 7) is 2.98. The predicted molar refractivity (Wildman–Crippen MR) is 88.7 cm³/mol. The molecule has 0 aromatic heterocycles. The quantitative estimate of drug-likeness (QED) is 0.858. The second-order valence-electron chi connectivity index (χ2n) is 5.83. The van der Waals surface area contributed by atoms with Gasteiger partial charge in [0.25, 0.3) is 0 Å². The summed E-state index contributed by atoms with van der Waals surface area (Å²) in [5, 5.41) is 3.76. The first-order chi connectivity index (χ1) is 10.1. The highest BCUT2D eigenvalue weighted by molar-refractivity contribution is 6.30. The van der Waals surface area contributed by atoms with Crippen LogP contribution in [0.15, 0.2) is 24.3 Å². The standard InChI is InChI=1S/C16H19ClN2O2.ClH/c17-14-3-1-11(2-4-14)15(20)12-5-7-19(8-6-12)16(21)13-9-18-10-13;/h1-4,12-13,18H,5-10H2;1H. The van der Waals surface area contributed by atoms with Gasteiger partial charge in [-0.05, 0) is 37.1 Å². The molecule has 6 heteroatoms. The van der Waals surface area contributed by atoms with Crippen LogP contribution in [0.1, 0.15) is 23.2 Å². The molecule has 0 bridgehead atoms. The molecule has 2 aliphatic heterocycles. The molecule has 2 saturated heterocycles. The molecule has 2 aliphatic rings. The lowest BCUT2D eigenvalue weighted by Gasteiger charge is -2.36. The normalized spacial score (nSPS) is 19.2. The van der Waals surface area contributed by atoms with Crippen molar-refractivity contribution in [2.45, 2.75) is 12.8 Å². The van der Waals surface area contributed by atoms with E-state index in [-0.39, 0.29) is 35.9 Å². The van der Waals surface area contributed by atoms with Crippen molar-refractivity contribution in [1.29, 1.82) is 0 Å². The van der Waals surface area contributed by atoms with Gasteiger partial charge in [0.15, 0.2) is 5.78 Å². The molecule has 2 heterocycles. The van der Waals surface area contributed by atoms with Gasteiger partial charge in [0.05, 0.1) is 5.92 Å². The molecule has 3 rings (SSSR count). The van der Waals surface area contributed by atoms with Crippen LogP contribution in [0.5, 0.6) is 0 Å². The zero-order valence-electron chi connectivity index (χ0n) is 12.3. The van der Waals surface area contributed by atoms with E-state index >= 15 is 0 Å². The highest BCUT2D eigenvalue weighted by Gasteiger charge is 2.33. The van der Waals surface area contributed by atoms with Gasteiger partial charge in [0.2, 0.25) is 5.91 Å². The Morgan fingerprint density at radius 2 is 1.64 bits per heavy atom. The van der Waals surface area contributed by atoms with Gasteiger partial charge in [-0.2, -0.15) is 0 Å². The molecule has 0 saturated carbocycles. The van der Waals surface area contributed by atoms with Crippen molar-refractivity contribution in [3.05, 3.63) is 34.9 Å². The molecule has 0 aliphatic carbocycles. The molecule has 0 atom stereocenters. The Hall–Kier alpha value is -1.10. The van der Waals surface area contributed by atoms with Crippen LogP contribution in [-0.2, 0) is 4.79 Å². The van der Waals surface area contributed by atoms with Crippen LogP contribution in [0, 0.1) is 11.8 Å². The van der Waals surface area contributed by atoms with Crippen molar-refractivity contribution < 1.29 is 9.59 Å². The van der Waals surface area contributed by atoms with Crippen LogP contribution >= 0.6 is 24.0 Å². The minimum Gasteiger partial charge on any atom is -0.342 e. The molecule has 120 valence electrons. The number of carbonyl (C=O) groups excluding carboxylic acids is 2. The van der Waals surface area contributed by atoms with Crippen LogP contribution in [0.3, 0.4) is 0 Å². The summed E-state index contributed by atoms with van der Waals surface area (Å²) in [6.07, 6.45) is 1.51. The smallest absolute Gasteiger partial charge is 0.228 e. The largest absolute Gasteiger partial charge is 0.342 e. The predicted octanol–water partition coefficient (Wildman–Crippen LogP) is 2.40. The van der Waals surface area contributed by atoms with Gasteiger partial charge in [0, 0.05) is 42.7 Å². The molecule has 4 nitrogen and oxygen atoms in total. The van der Waals surface area contributed by atoms with E-state index in [0.29, 0.717) is 23.7 Å². The molecule has 1 amide bonds. The van der Waals surface area contributed by atoms with Crippen LogP contribution in [-0.4, -0.2) is 42.8 Å². The number of amides is 1.